The molecule has 0 unspecified atom stereocenters. The van der Waals surface area contributed by atoms with E-state index in [1.54, 1.807) is 0 Å². The van der Waals surface area contributed by atoms with Crippen LogP contribution in [0.1, 0.15) is 119 Å². The highest BCUT2D eigenvalue weighted by Crippen LogP contribution is 2.41. The monoisotopic (exact) mass is 422 g/mol. The molecule has 1 aromatic rings. The maximum absolute atomic E-state index is 12.8. The van der Waals surface area contributed by atoms with Crippen LogP contribution in [0.15, 0.2) is 0 Å². The molecule has 0 heterocycles. The zero-order chi connectivity index (χ0) is 22.4. The molecule has 5 nitrogen and oxygen atoms in total. The van der Waals surface area contributed by atoms with Gasteiger partial charge in [-0.05, 0) is 56.1 Å². The molecule has 0 aliphatic carbocycles. The molecule has 0 bridgehead atoms. The van der Waals surface area contributed by atoms with Crippen molar-refractivity contribution in [3.63, 3.8) is 0 Å². The van der Waals surface area contributed by atoms with Gasteiger partial charge in [0.15, 0.2) is 11.5 Å². The summed E-state index contributed by atoms with van der Waals surface area (Å²) in [5.41, 5.74) is 2.72. The molecule has 5 heteroatoms. The molecule has 0 spiro atoms. The first-order valence-corrected chi connectivity index (χ1v) is 11.9. The third-order valence-electron chi connectivity index (χ3n) is 5.49. The number of aromatic hydroxyl groups is 2. The highest BCUT2D eigenvalue weighted by Gasteiger charge is 2.28. The van der Waals surface area contributed by atoms with Gasteiger partial charge in [-0.15, -0.1) is 0 Å². The minimum Gasteiger partial charge on any atom is -0.504 e. The SMILES string of the molecule is CCCCCc1c(O)c(O)c(C(=O)OOCCC)c(CCCCC)c1CCCCC. The smallest absolute Gasteiger partial charge is 0.377 e. The van der Waals surface area contributed by atoms with Crippen molar-refractivity contribution in [2.24, 2.45) is 0 Å². The standard InChI is InChI=1S/C25H42O5/c1-5-9-12-15-19-20(16-13-10-6-2)22(25(28)30-29-18-8-4)24(27)23(26)21(19)17-14-11-7-3/h26-27H,5-18H2,1-4H3. The Morgan fingerprint density at radius 2 is 1.17 bits per heavy atom. The van der Waals surface area contributed by atoms with Crippen molar-refractivity contribution in [1.29, 1.82) is 0 Å². The van der Waals surface area contributed by atoms with Crippen LogP contribution in [0.25, 0.3) is 0 Å². The first-order valence-electron chi connectivity index (χ1n) is 11.9. The summed E-state index contributed by atoms with van der Waals surface area (Å²) < 4.78 is 0. The average Bonchev–Trinajstić information content (AvgIpc) is 2.73. The van der Waals surface area contributed by atoms with Crippen LogP contribution < -0.4 is 0 Å². The Hall–Kier alpha value is -1.75. The van der Waals surface area contributed by atoms with Crippen molar-refractivity contribution in [2.75, 3.05) is 6.61 Å². The van der Waals surface area contributed by atoms with Gasteiger partial charge in [0.2, 0.25) is 0 Å². The van der Waals surface area contributed by atoms with Gasteiger partial charge in [0.1, 0.15) is 5.56 Å². The molecule has 0 radical (unpaired) electrons. The van der Waals surface area contributed by atoms with Crippen LogP contribution in [0.5, 0.6) is 11.5 Å². The summed E-state index contributed by atoms with van der Waals surface area (Å²) in [5.74, 6) is -1.25. The van der Waals surface area contributed by atoms with Crippen LogP contribution in [0.3, 0.4) is 0 Å². The van der Waals surface area contributed by atoms with E-state index in [2.05, 4.69) is 20.8 Å². The molecule has 0 fully saturated rings. The first kappa shape index (κ1) is 26.3. The van der Waals surface area contributed by atoms with Crippen molar-refractivity contribution in [3.05, 3.63) is 22.3 Å². The molecule has 1 rings (SSSR count). The number of phenols is 2. The summed E-state index contributed by atoms with van der Waals surface area (Å²) in [7, 11) is 0. The second-order valence-corrected chi connectivity index (χ2v) is 8.07. The number of rotatable bonds is 16. The molecular formula is C25H42O5. The third-order valence-corrected chi connectivity index (χ3v) is 5.49. The number of carbonyl (C=O) groups is 1. The van der Waals surface area contributed by atoms with Gasteiger partial charge in [-0.1, -0.05) is 66.2 Å². The summed E-state index contributed by atoms with van der Waals surface area (Å²) in [5, 5.41) is 21.6. The summed E-state index contributed by atoms with van der Waals surface area (Å²) >= 11 is 0. The lowest BCUT2D eigenvalue weighted by molar-refractivity contribution is -0.240. The van der Waals surface area contributed by atoms with Crippen LogP contribution in [0.4, 0.5) is 0 Å². The van der Waals surface area contributed by atoms with E-state index in [0.717, 1.165) is 80.9 Å². The number of carbonyl (C=O) groups excluding carboxylic acids is 1. The van der Waals surface area contributed by atoms with E-state index >= 15 is 0 Å². The van der Waals surface area contributed by atoms with Crippen molar-refractivity contribution in [1.82, 2.24) is 0 Å². The normalized spacial score (nSPS) is 11.1. The summed E-state index contributed by atoms with van der Waals surface area (Å²) in [6, 6.07) is 0. The Bertz CT molecular complexity index is 639. The van der Waals surface area contributed by atoms with E-state index in [1.807, 2.05) is 6.92 Å². The molecule has 0 aliphatic heterocycles. The van der Waals surface area contributed by atoms with E-state index < -0.39 is 5.97 Å². The van der Waals surface area contributed by atoms with Gasteiger partial charge in [0.05, 0.1) is 6.61 Å². The van der Waals surface area contributed by atoms with E-state index in [4.69, 9.17) is 9.78 Å². The summed E-state index contributed by atoms with van der Waals surface area (Å²) in [6.45, 7) is 8.66. The number of hydrogen-bond acceptors (Lipinski definition) is 5. The van der Waals surface area contributed by atoms with E-state index in [9.17, 15) is 15.0 Å². The lowest BCUT2D eigenvalue weighted by atomic mass is 9.86. The van der Waals surface area contributed by atoms with Crippen molar-refractivity contribution in [3.8, 4) is 11.5 Å². The highest BCUT2D eigenvalue weighted by molar-refractivity contribution is 5.95. The molecule has 0 saturated carbocycles. The van der Waals surface area contributed by atoms with Crippen LogP contribution in [-0.4, -0.2) is 22.8 Å². The number of hydrogen-bond donors (Lipinski definition) is 2. The lowest BCUT2D eigenvalue weighted by Gasteiger charge is -2.21. The van der Waals surface area contributed by atoms with Crippen LogP contribution >= 0.6 is 0 Å². The molecule has 0 atom stereocenters. The van der Waals surface area contributed by atoms with Gasteiger partial charge in [-0.2, -0.15) is 4.89 Å². The number of unbranched alkanes of at least 4 members (excludes halogenated alkanes) is 6. The summed E-state index contributed by atoms with van der Waals surface area (Å²) in [4.78, 5) is 22.7. The van der Waals surface area contributed by atoms with Crippen molar-refractivity contribution < 1.29 is 24.8 Å². The minimum atomic E-state index is -0.723. The quantitative estimate of drug-likeness (QED) is 0.133. The van der Waals surface area contributed by atoms with E-state index in [0.29, 0.717) is 25.9 Å². The fraction of sp³-hybridized carbons (Fsp3) is 0.720. The van der Waals surface area contributed by atoms with Gasteiger partial charge in [0.25, 0.3) is 0 Å². The van der Waals surface area contributed by atoms with Crippen LogP contribution in [0.2, 0.25) is 0 Å². The minimum absolute atomic E-state index is 0.0745. The molecule has 1 aromatic carbocycles. The average molecular weight is 423 g/mol. The largest absolute Gasteiger partial charge is 0.504 e. The Morgan fingerprint density at radius 3 is 1.67 bits per heavy atom. The Labute approximate surface area is 182 Å². The maximum Gasteiger partial charge on any atom is 0.377 e. The fourth-order valence-corrected chi connectivity index (χ4v) is 3.82. The molecule has 0 saturated heterocycles. The Balaban J connectivity index is 3.45. The zero-order valence-corrected chi connectivity index (χ0v) is 19.5. The molecular weight excluding hydrogens is 380 g/mol. The van der Waals surface area contributed by atoms with Gasteiger partial charge in [-0.3, -0.25) is 4.89 Å². The Morgan fingerprint density at radius 1 is 0.667 bits per heavy atom. The summed E-state index contributed by atoms with van der Waals surface area (Å²) in [6.07, 6.45) is 12.2. The van der Waals surface area contributed by atoms with Gasteiger partial charge in [-0.25, -0.2) is 4.79 Å². The second kappa shape index (κ2) is 15.1. The van der Waals surface area contributed by atoms with Crippen LogP contribution in [0, 0.1) is 0 Å². The highest BCUT2D eigenvalue weighted by atomic mass is 17.2. The van der Waals surface area contributed by atoms with Crippen LogP contribution in [-0.2, 0) is 29.0 Å². The lowest BCUT2D eigenvalue weighted by Crippen LogP contribution is -2.14. The molecule has 0 aromatic heterocycles. The van der Waals surface area contributed by atoms with Gasteiger partial charge < -0.3 is 10.2 Å². The van der Waals surface area contributed by atoms with Crippen molar-refractivity contribution in [2.45, 2.75) is 111 Å². The molecule has 172 valence electrons. The molecule has 0 aliphatic rings. The zero-order valence-electron chi connectivity index (χ0n) is 19.5. The van der Waals surface area contributed by atoms with Crippen molar-refractivity contribution >= 4 is 5.97 Å². The number of benzene rings is 1. The van der Waals surface area contributed by atoms with E-state index in [-0.39, 0.29) is 17.1 Å². The number of phenolic OH excluding ortho intramolecular Hbond substituents is 2. The topological polar surface area (TPSA) is 76.0 Å². The van der Waals surface area contributed by atoms with Gasteiger partial charge in [0, 0.05) is 5.56 Å². The maximum atomic E-state index is 12.8. The predicted octanol–water partition coefficient (Wildman–Crippen LogP) is 6.79. The van der Waals surface area contributed by atoms with Gasteiger partial charge >= 0.3 is 5.97 Å². The predicted molar refractivity (Wildman–Crippen MR) is 121 cm³/mol. The second-order valence-electron chi connectivity index (χ2n) is 8.07. The first-order chi connectivity index (χ1) is 14.5. The third kappa shape index (κ3) is 7.82. The van der Waals surface area contributed by atoms with E-state index in [1.165, 1.54) is 0 Å². The molecule has 30 heavy (non-hydrogen) atoms. The Kier molecular flexibility index (Phi) is 13.2. The molecule has 0 amide bonds. The molecule has 2 N–H and O–H groups in total. The fourth-order valence-electron chi connectivity index (χ4n) is 3.82.